The molecule has 3 aromatic rings. The summed E-state index contributed by atoms with van der Waals surface area (Å²) in [5.74, 6) is -0.136. The number of aromatic nitrogens is 2. The van der Waals surface area contributed by atoms with Crippen molar-refractivity contribution in [3.8, 4) is 5.69 Å². The predicted molar refractivity (Wildman–Crippen MR) is 113 cm³/mol. The molecular weight excluding hydrogens is 421 g/mol. The number of amides is 1. The number of piperidine rings is 1. The third kappa shape index (κ3) is 4.72. The van der Waals surface area contributed by atoms with Gasteiger partial charge in [0.25, 0.3) is 5.91 Å². The van der Waals surface area contributed by atoms with E-state index >= 15 is 0 Å². The first kappa shape index (κ1) is 22.1. The molecule has 0 saturated carbocycles. The van der Waals surface area contributed by atoms with Crippen molar-refractivity contribution in [2.75, 3.05) is 19.6 Å². The molecular formula is C23H25F3N4O2. The average Bonchev–Trinajstić information content (AvgIpc) is 3.45. The second kappa shape index (κ2) is 9.20. The second-order valence-electron chi connectivity index (χ2n) is 7.99. The third-order valence-electron chi connectivity index (χ3n) is 5.72. The Morgan fingerprint density at radius 3 is 2.50 bits per heavy atom. The van der Waals surface area contributed by atoms with Gasteiger partial charge in [-0.2, -0.15) is 18.3 Å². The highest BCUT2D eigenvalue weighted by atomic mass is 19.4. The van der Waals surface area contributed by atoms with Crippen LogP contribution in [0.4, 0.5) is 13.2 Å². The lowest BCUT2D eigenvalue weighted by Crippen LogP contribution is -2.40. The molecule has 1 fully saturated rings. The zero-order valence-corrected chi connectivity index (χ0v) is 17.7. The van der Waals surface area contributed by atoms with E-state index < -0.39 is 23.3 Å². The molecule has 6 nitrogen and oxygen atoms in total. The lowest BCUT2D eigenvalue weighted by molar-refractivity contribution is -0.143. The molecule has 1 N–H and O–H groups in total. The summed E-state index contributed by atoms with van der Waals surface area (Å²) in [5.41, 5.74) is -0.445. The fraction of sp³-hybridized carbons (Fsp3) is 0.391. The molecule has 0 spiro atoms. The number of likely N-dealkylation sites (tertiary alicyclic amines) is 1. The lowest BCUT2D eigenvalue weighted by Gasteiger charge is -2.33. The molecule has 1 aliphatic heterocycles. The van der Waals surface area contributed by atoms with Gasteiger partial charge in [-0.05, 0) is 57.1 Å². The van der Waals surface area contributed by atoms with Crippen LogP contribution in [0.2, 0.25) is 0 Å². The quantitative estimate of drug-likeness (QED) is 0.594. The van der Waals surface area contributed by atoms with E-state index in [-0.39, 0.29) is 18.3 Å². The number of nitrogens with one attached hydrogen (secondary N) is 1. The Kier molecular flexibility index (Phi) is 6.36. The summed E-state index contributed by atoms with van der Waals surface area (Å²) in [5, 5.41) is 6.55. The normalized spacial score (nSPS) is 16.1. The van der Waals surface area contributed by atoms with E-state index in [1.165, 1.54) is 0 Å². The van der Waals surface area contributed by atoms with Crippen molar-refractivity contribution in [3.63, 3.8) is 0 Å². The molecule has 2 aromatic heterocycles. The first-order valence-corrected chi connectivity index (χ1v) is 10.6. The van der Waals surface area contributed by atoms with Gasteiger partial charge in [0.2, 0.25) is 0 Å². The van der Waals surface area contributed by atoms with E-state index in [4.69, 9.17) is 4.42 Å². The van der Waals surface area contributed by atoms with Crippen molar-refractivity contribution in [1.29, 1.82) is 0 Å². The van der Waals surface area contributed by atoms with Gasteiger partial charge in [-0.25, -0.2) is 4.68 Å². The van der Waals surface area contributed by atoms with Gasteiger partial charge in [-0.1, -0.05) is 24.1 Å². The summed E-state index contributed by atoms with van der Waals surface area (Å²) >= 11 is 0. The summed E-state index contributed by atoms with van der Waals surface area (Å²) in [6.07, 6.45) is 0.990. The van der Waals surface area contributed by atoms with Crippen LogP contribution in [-0.4, -0.2) is 40.2 Å². The van der Waals surface area contributed by atoms with Crippen LogP contribution in [0.15, 0.2) is 53.3 Å². The molecule has 0 radical (unpaired) electrons. The van der Waals surface area contributed by atoms with Gasteiger partial charge < -0.3 is 9.73 Å². The maximum Gasteiger partial charge on any atom is 0.434 e. The minimum absolute atomic E-state index is 0.138. The van der Waals surface area contributed by atoms with Gasteiger partial charge in [0.1, 0.15) is 5.76 Å². The summed E-state index contributed by atoms with van der Waals surface area (Å²) < 4.78 is 48.1. The van der Waals surface area contributed by atoms with Crippen molar-refractivity contribution in [3.05, 3.63) is 71.4 Å². The smallest absolute Gasteiger partial charge is 0.434 e. The van der Waals surface area contributed by atoms with Crippen molar-refractivity contribution in [2.45, 2.75) is 38.4 Å². The number of rotatable bonds is 6. The molecule has 1 saturated heterocycles. The highest BCUT2D eigenvalue weighted by Crippen LogP contribution is 2.34. The van der Waals surface area contributed by atoms with E-state index in [1.54, 1.807) is 36.6 Å². The van der Waals surface area contributed by atoms with Gasteiger partial charge in [-0.3, -0.25) is 9.69 Å². The monoisotopic (exact) mass is 446 g/mol. The Hall–Kier alpha value is -3.07. The number of halogens is 3. The van der Waals surface area contributed by atoms with Crippen LogP contribution in [-0.2, 0) is 6.18 Å². The topological polar surface area (TPSA) is 63.3 Å². The number of alkyl halides is 3. The van der Waals surface area contributed by atoms with Crippen LogP contribution in [0.1, 0.15) is 52.7 Å². The van der Waals surface area contributed by atoms with E-state index in [0.29, 0.717) is 5.76 Å². The largest absolute Gasteiger partial charge is 0.468 e. The summed E-state index contributed by atoms with van der Waals surface area (Å²) in [4.78, 5) is 15.1. The zero-order chi connectivity index (χ0) is 22.7. The van der Waals surface area contributed by atoms with E-state index in [0.717, 1.165) is 48.8 Å². The van der Waals surface area contributed by atoms with E-state index in [2.05, 4.69) is 15.3 Å². The van der Waals surface area contributed by atoms with Gasteiger partial charge in [0.05, 0.1) is 29.8 Å². The number of benzene rings is 1. The molecule has 9 heteroatoms. The number of furan rings is 1. The van der Waals surface area contributed by atoms with Gasteiger partial charge in [0, 0.05) is 6.54 Å². The van der Waals surface area contributed by atoms with E-state index in [9.17, 15) is 18.0 Å². The fourth-order valence-electron chi connectivity index (χ4n) is 4.07. The van der Waals surface area contributed by atoms with Gasteiger partial charge >= 0.3 is 6.18 Å². The van der Waals surface area contributed by atoms with Gasteiger partial charge in [-0.15, -0.1) is 0 Å². The second-order valence-corrected chi connectivity index (χ2v) is 7.99. The molecule has 0 aliphatic carbocycles. The van der Waals surface area contributed by atoms with Crippen molar-refractivity contribution in [2.24, 2.45) is 0 Å². The molecule has 3 heterocycles. The van der Waals surface area contributed by atoms with Crippen molar-refractivity contribution < 1.29 is 22.4 Å². The molecule has 1 aromatic carbocycles. The molecule has 170 valence electrons. The number of nitrogens with zero attached hydrogens (tertiary/aromatic N) is 3. The maximum atomic E-state index is 13.9. The standard InChI is InChI=1S/C23H25F3N4O2/c1-16-7-9-17(10-8-16)30-21(23(24,25)26)18(14-28-30)22(31)27-15-19(20-6-5-13-32-20)29-11-3-2-4-12-29/h5-10,13-14,19H,2-4,11-12,15H2,1H3,(H,27,31). The Morgan fingerprint density at radius 1 is 1.16 bits per heavy atom. The molecule has 1 unspecified atom stereocenters. The fourth-order valence-corrected chi connectivity index (χ4v) is 4.07. The van der Waals surface area contributed by atoms with Crippen LogP contribution in [0.3, 0.4) is 0 Å². The average molecular weight is 446 g/mol. The van der Waals surface area contributed by atoms with Crippen LogP contribution in [0.25, 0.3) is 5.69 Å². The lowest BCUT2D eigenvalue weighted by atomic mass is 10.1. The van der Waals surface area contributed by atoms with Gasteiger partial charge in [0.15, 0.2) is 5.69 Å². The van der Waals surface area contributed by atoms with Crippen molar-refractivity contribution in [1.82, 2.24) is 20.0 Å². The molecule has 4 rings (SSSR count). The molecule has 32 heavy (non-hydrogen) atoms. The zero-order valence-electron chi connectivity index (χ0n) is 17.7. The highest BCUT2D eigenvalue weighted by molar-refractivity contribution is 5.95. The number of aryl methyl sites for hydroxylation is 1. The summed E-state index contributed by atoms with van der Waals surface area (Å²) in [6, 6.07) is 9.83. The van der Waals surface area contributed by atoms with Crippen LogP contribution < -0.4 is 5.32 Å². The third-order valence-corrected chi connectivity index (χ3v) is 5.72. The van der Waals surface area contributed by atoms with Crippen LogP contribution >= 0.6 is 0 Å². The predicted octanol–water partition coefficient (Wildman–Crippen LogP) is 4.75. The number of hydrogen-bond donors (Lipinski definition) is 1. The first-order valence-electron chi connectivity index (χ1n) is 10.6. The maximum absolute atomic E-state index is 13.9. The Bertz CT molecular complexity index is 1040. The minimum Gasteiger partial charge on any atom is -0.468 e. The number of carbonyl (C=O) groups excluding carboxylic acids is 1. The molecule has 1 amide bonds. The Balaban J connectivity index is 1.58. The van der Waals surface area contributed by atoms with Crippen molar-refractivity contribution >= 4 is 5.91 Å². The SMILES string of the molecule is Cc1ccc(-n2ncc(C(=O)NCC(c3ccco3)N3CCCCC3)c2C(F)(F)F)cc1. The summed E-state index contributed by atoms with van der Waals surface area (Å²) in [7, 11) is 0. The minimum atomic E-state index is -4.75. The highest BCUT2D eigenvalue weighted by Gasteiger charge is 2.40. The van der Waals surface area contributed by atoms with Crippen LogP contribution in [0.5, 0.6) is 0 Å². The molecule has 1 atom stereocenters. The van der Waals surface area contributed by atoms with E-state index in [1.807, 2.05) is 13.0 Å². The number of hydrogen-bond acceptors (Lipinski definition) is 4. The van der Waals surface area contributed by atoms with Crippen LogP contribution in [0, 0.1) is 6.92 Å². The summed E-state index contributed by atoms with van der Waals surface area (Å²) in [6.45, 7) is 3.67. The Labute approximate surface area is 184 Å². The molecule has 0 bridgehead atoms. The number of carbonyl (C=O) groups is 1. The Morgan fingerprint density at radius 2 is 1.88 bits per heavy atom. The molecule has 1 aliphatic rings. The first-order chi connectivity index (χ1) is 15.3.